The molecule has 0 bridgehead atoms. The molecule has 1 heterocycles. The maximum Gasteiger partial charge on any atom is 0.335 e. The standard InChI is InChI=1S/C21H24O2S/c1-20(2)11-12-24-18-10-9-16(13-17(18)20)21(3,4)15-7-5-14(6-8-15)19(22)23/h5-10,13H,11-12H2,1-4H3,(H,22,23). The summed E-state index contributed by atoms with van der Waals surface area (Å²) >= 11 is 1.95. The van der Waals surface area contributed by atoms with Crippen molar-refractivity contribution >= 4 is 17.7 Å². The SMILES string of the molecule is CC1(C)CCSc2ccc(C(C)(C)c3ccc(C(=O)O)cc3)cc21. The second-order valence-corrected chi connectivity index (χ2v) is 8.84. The predicted molar refractivity (Wildman–Crippen MR) is 100 cm³/mol. The predicted octanol–water partition coefficient (Wildman–Crippen LogP) is 5.48. The van der Waals surface area contributed by atoms with E-state index in [1.807, 2.05) is 23.9 Å². The van der Waals surface area contributed by atoms with Gasteiger partial charge in [0.1, 0.15) is 0 Å². The number of benzene rings is 2. The van der Waals surface area contributed by atoms with E-state index in [4.69, 9.17) is 5.11 Å². The highest BCUT2D eigenvalue weighted by Gasteiger charge is 2.31. The lowest BCUT2D eigenvalue weighted by atomic mass is 9.74. The van der Waals surface area contributed by atoms with Gasteiger partial charge in [-0.05, 0) is 52.5 Å². The van der Waals surface area contributed by atoms with Gasteiger partial charge in [0.15, 0.2) is 0 Å². The van der Waals surface area contributed by atoms with Crippen LogP contribution in [0, 0.1) is 0 Å². The van der Waals surface area contributed by atoms with Crippen LogP contribution in [0.2, 0.25) is 0 Å². The average molecular weight is 340 g/mol. The molecule has 2 nitrogen and oxygen atoms in total. The van der Waals surface area contributed by atoms with Gasteiger partial charge >= 0.3 is 5.97 Å². The first-order valence-electron chi connectivity index (χ1n) is 8.33. The molecule has 1 N–H and O–H groups in total. The number of hydrogen-bond donors (Lipinski definition) is 1. The van der Waals surface area contributed by atoms with Crippen LogP contribution < -0.4 is 0 Å². The van der Waals surface area contributed by atoms with E-state index < -0.39 is 5.97 Å². The fourth-order valence-electron chi connectivity index (χ4n) is 3.32. The maximum atomic E-state index is 11.1. The summed E-state index contributed by atoms with van der Waals surface area (Å²) in [7, 11) is 0. The Morgan fingerprint density at radius 1 is 1.08 bits per heavy atom. The Hall–Kier alpha value is -1.74. The number of carbonyl (C=O) groups is 1. The molecule has 1 aliphatic rings. The van der Waals surface area contributed by atoms with Gasteiger partial charge in [0.05, 0.1) is 5.56 Å². The molecule has 126 valence electrons. The molecule has 0 saturated carbocycles. The van der Waals surface area contributed by atoms with Crippen LogP contribution in [0.3, 0.4) is 0 Å². The summed E-state index contributed by atoms with van der Waals surface area (Å²) in [5.41, 5.74) is 4.22. The molecule has 0 aliphatic carbocycles. The van der Waals surface area contributed by atoms with Gasteiger partial charge in [-0.3, -0.25) is 0 Å². The molecule has 0 spiro atoms. The van der Waals surface area contributed by atoms with Crippen molar-refractivity contribution in [2.75, 3.05) is 5.75 Å². The normalized spacial score (nSPS) is 16.5. The van der Waals surface area contributed by atoms with Gasteiger partial charge in [-0.1, -0.05) is 52.0 Å². The van der Waals surface area contributed by atoms with Gasteiger partial charge < -0.3 is 5.11 Å². The molecule has 3 rings (SSSR count). The molecule has 0 unspecified atom stereocenters. The first kappa shape index (κ1) is 17.1. The van der Waals surface area contributed by atoms with Crippen molar-refractivity contribution in [2.45, 2.75) is 49.8 Å². The van der Waals surface area contributed by atoms with Gasteiger partial charge in [0, 0.05) is 10.3 Å². The van der Waals surface area contributed by atoms with Crippen LogP contribution in [-0.4, -0.2) is 16.8 Å². The van der Waals surface area contributed by atoms with Crippen molar-refractivity contribution in [1.82, 2.24) is 0 Å². The Kier molecular flexibility index (Phi) is 4.25. The highest BCUT2D eigenvalue weighted by Crippen LogP contribution is 2.44. The smallest absolute Gasteiger partial charge is 0.335 e. The molecule has 0 radical (unpaired) electrons. The number of fused-ring (bicyclic) bond motifs is 1. The van der Waals surface area contributed by atoms with Gasteiger partial charge in [-0.25, -0.2) is 4.79 Å². The lowest BCUT2D eigenvalue weighted by Crippen LogP contribution is -2.25. The van der Waals surface area contributed by atoms with Crippen molar-refractivity contribution in [3.05, 3.63) is 64.7 Å². The Labute approximate surface area is 148 Å². The molecule has 2 aromatic rings. The molecule has 0 fully saturated rings. The Bertz CT molecular complexity index is 773. The monoisotopic (exact) mass is 340 g/mol. The van der Waals surface area contributed by atoms with E-state index in [2.05, 4.69) is 45.9 Å². The lowest BCUT2D eigenvalue weighted by Gasteiger charge is -2.34. The molecule has 24 heavy (non-hydrogen) atoms. The molecule has 1 aliphatic heterocycles. The minimum atomic E-state index is -0.882. The Morgan fingerprint density at radius 3 is 2.33 bits per heavy atom. The topological polar surface area (TPSA) is 37.3 Å². The minimum absolute atomic E-state index is 0.162. The minimum Gasteiger partial charge on any atom is -0.478 e. The third-order valence-corrected chi connectivity index (χ3v) is 6.34. The van der Waals surface area contributed by atoms with Crippen LogP contribution in [0.15, 0.2) is 47.4 Å². The van der Waals surface area contributed by atoms with Crippen molar-refractivity contribution in [3.63, 3.8) is 0 Å². The van der Waals surface area contributed by atoms with Gasteiger partial charge in [-0.2, -0.15) is 0 Å². The largest absolute Gasteiger partial charge is 0.478 e. The van der Waals surface area contributed by atoms with E-state index in [0.717, 1.165) is 5.56 Å². The van der Waals surface area contributed by atoms with Crippen LogP contribution in [0.5, 0.6) is 0 Å². The first-order chi connectivity index (χ1) is 11.2. The second-order valence-electron chi connectivity index (χ2n) is 7.70. The molecule has 2 aromatic carbocycles. The van der Waals surface area contributed by atoms with E-state index in [9.17, 15) is 4.79 Å². The lowest BCUT2D eigenvalue weighted by molar-refractivity contribution is 0.0697. The molecular formula is C21H24O2S. The molecule has 0 aromatic heterocycles. The van der Waals surface area contributed by atoms with E-state index >= 15 is 0 Å². The number of aromatic carboxylic acids is 1. The zero-order valence-corrected chi connectivity index (χ0v) is 15.5. The number of thioether (sulfide) groups is 1. The Balaban J connectivity index is 2.02. The highest BCUT2D eigenvalue weighted by atomic mass is 32.2. The van der Waals surface area contributed by atoms with Crippen molar-refractivity contribution in [3.8, 4) is 0 Å². The number of carboxylic acid groups (broad SMARTS) is 1. The van der Waals surface area contributed by atoms with Crippen molar-refractivity contribution in [2.24, 2.45) is 0 Å². The zero-order valence-electron chi connectivity index (χ0n) is 14.7. The third-order valence-electron chi connectivity index (χ3n) is 5.27. The van der Waals surface area contributed by atoms with Crippen LogP contribution in [-0.2, 0) is 10.8 Å². The van der Waals surface area contributed by atoms with Gasteiger partial charge in [0.2, 0.25) is 0 Å². The van der Waals surface area contributed by atoms with E-state index in [-0.39, 0.29) is 10.8 Å². The summed E-state index contributed by atoms with van der Waals surface area (Å²) in [4.78, 5) is 12.5. The second kappa shape index (κ2) is 5.96. The van der Waals surface area contributed by atoms with Gasteiger partial charge in [0.25, 0.3) is 0 Å². The van der Waals surface area contributed by atoms with Gasteiger partial charge in [-0.15, -0.1) is 11.8 Å². The molecule has 3 heteroatoms. The summed E-state index contributed by atoms with van der Waals surface area (Å²) in [6.07, 6.45) is 1.20. The fraction of sp³-hybridized carbons (Fsp3) is 0.381. The highest BCUT2D eigenvalue weighted by molar-refractivity contribution is 7.99. The molecule has 0 saturated heterocycles. The van der Waals surface area contributed by atoms with Crippen molar-refractivity contribution < 1.29 is 9.90 Å². The number of hydrogen-bond acceptors (Lipinski definition) is 2. The number of rotatable bonds is 3. The summed E-state index contributed by atoms with van der Waals surface area (Å²) in [5.74, 6) is 0.297. The summed E-state index contributed by atoms with van der Waals surface area (Å²) in [5, 5.41) is 9.08. The van der Waals surface area contributed by atoms with Crippen molar-refractivity contribution in [1.29, 1.82) is 0 Å². The molecule has 0 atom stereocenters. The van der Waals surface area contributed by atoms with Crippen LogP contribution >= 0.6 is 11.8 Å². The molecule has 0 amide bonds. The van der Waals surface area contributed by atoms with E-state index in [1.54, 1.807) is 12.1 Å². The quantitative estimate of drug-likeness (QED) is 0.803. The fourth-order valence-corrected chi connectivity index (χ4v) is 4.81. The average Bonchev–Trinajstić information content (AvgIpc) is 2.54. The first-order valence-corrected chi connectivity index (χ1v) is 9.32. The molecular weight excluding hydrogens is 316 g/mol. The van der Waals surface area contributed by atoms with E-state index in [1.165, 1.54) is 28.2 Å². The van der Waals surface area contributed by atoms with E-state index in [0.29, 0.717) is 5.56 Å². The maximum absolute atomic E-state index is 11.1. The Morgan fingerprint density at radius 2 is 1.71 bits per heavy atom. The van der Waals surface area contributed by atoms with Crippen LogP contribution in [0.1, 0.15) is 61.2 Å². The summed E-state index contributed by atoms with van der Waals surface area (Å²) in [6.45, 7) is 9.05. The summed E-state index contributed by atoms with van der Waals surface area (Å²) in [6, 6.07) is 14.1. The zero-order chi connectivity index (χ0) is 17.5. The van der Waals surface area contributed by atoms with Crippen LogP contribution in [0.4, 0.5) is 0 Å². The third kappa shape index (κ3) is 2.98. The van der Waals surface area contributed by atoms with Crippen LogP contribution in [0.25, 0.3) is 0 Å². The summed E-state index contributed by atoms with van der Waals surface area (Å²) < 4.78 is 0. The number of carboxylic acids is 1.